The van der Waals surface area contributed by atoms with E-state index >= 15 is 0 Å². The third-order valence-electron chi connectivity index (χ3n) is 11.7. The van der Waals surface area contributed by atoms with E-state index in [2.05, 4.69) is 41.5 Å². The molecule has 0 aromatic rings. The Morgan fingerprint density at radius 3 is 2.24 bits per heavy atom. The Morgan fingerprint density at radius 2 is 1.61 bits per heavy atom. The molecule has 0 aliphatic heterocycles. The van der Waals surface area contributed by atoms with Crippen molar-refractivity contribution in [3.8, 4) is 0 Å². The molecule has 4 aliphatic rings. The van der Waals surface area contributed by atoms with Crippen LogP contribution in [0.15, 0.2) is 23.3 Å². The zero-order chi connectivity index (χ0) is 24.6. The van der Waals surface area contributed by atoms with Crippen molar-refractivity contribution >= 4 is 0 Å². The molecule has 0 saturated heterocycles. The van der Waals surface area contributed by atoms with Gasteiger partial charge in [0.1, 0.15) is 0 Å². The van der Waals surface area contributed by atoms with Gasteiger partial charge in [-0.1, -0.05) is 64.8 Å². The lowest BCUT2D eigenvalue weighted by atomic mass is 9.43. The van der Waals surface area contributed by atoms with E-state index in [0.29, 0.717) is 11.8 Å². The van der Waals surface area contributed by atoms with Crippen LogP contribution in [0.25, 0.3) is 0 Å². The summed E-state index contributed by atoms with van der Waals surface area (Å²) in [5.74, 6) is 1.21. The normalized spacial score (nSPS) is 44.9. The predicted molar refractivity (Wildman–Crippen MR) is 136 cm³/mol. The van der Waals surface area contributed by atoms with E-state index in [0.717, 1.165) is 12.8 Å². The fourth-order valence-corrected chi connectivity index (χ4v) is 9.31. The van der Waals surface area contributed by atoms with Gasteiger partial charge in [0.25, 0.3) is 0 Å². The third kappa shape index (κ3) is 3.71. The second-order valence-electron chi connectivity index (χ2n) is 14.1. The summed E-state index contributed by atoms with van der Waals surface area (Å²) < 4.78 is 0. The average molecular weight is 459 g/mol. The van der Waals surface area contributed by atoms with E-state index in [1.54, 1.807) is 31.1 Å². The van der Waals surface area contributed by atoms with Crippen molar-refractivity contribution < 1.29 is 15.3 Å². The molecule has 0 amide bonds. The molecule has 0 spiro atoms. The van der Waals surface area contributed by atoms with Crippen LogP contribution in [0.5, 0.6) is 0 Å². The maximum absolute atomic E-state index is 11.0. The largest absolute Gasteiger partial charge is 0.393 e. The number of aliphatic hydroxyl groups is 3. The molecule has 0 radical (unpaired) electrons. The molecular weight excluding hydrogens is 408 g/mol. The second-order valence-corrected chi connectivity index (χ2v) is 14.1. The summed E-state index contributed by atoms with van der Waals surface area (Å²) in [5.41, 5.74) is 3.20. The molecule has 188 valence electrons. The summed E-state index contributed by atoms with van der Waals surface area (Å²) in [6.45, 7) is 17.9. The molecule has 2 fully saturated rings. The Labute approximate surface area is 202 Å². The maximum Gasteiger partial charge on any atom is 0.0772 e. The minimum atomic E-state index is -0.894. The number of allylic oxidation sites excluding steroid dienone is 2. The summed E-state index contributed by atoms with van der Waals surface area (Å²) in [7, 11) is 0. The van der Waals surface area contributed by atoms with Crippen LogP contribution in [0.2, 0.25) is 0 Å². The number of rotatable bonds is 4. The number of hydrogen-bond donors (Lipinski definition) is 3. The molecular formula is C30H50O3. The molecule has 3 heteroatoms. The van der Waals surface area contributed by atoms with Crippen LogP contribution in [0, 0.1) is 39.4 Å². The van der Waals surface area contributed by atoms with E-state index in [4.69, 9.17) is 0 Å². The number of fused-ring (bicyclic) bond motifs is 4. The first-order chi connectivity index (χ1) is 15.1. The van der Waals surface area contributed by atoms with Gasteiger partial charge >= 0.3 is 0 Å². The molecule has 3 N–H and O–H groups in total. The first-order valence-corrected chi connectivity index (χ1v) is 13.6. The lowest BCUT2D eigenvalue weighted by Crippen LogP contribution is -2.55. The molecule has 0 unspecified atom stereocenters. The Bertz CT molecular complexity index is 832. The van der Waals surface area contributed by atoms with Gasteiger partial charge in [0.05, 0.1) is 17.8 Å². The predicted octanol–water partition coefficient (Wildman–Crippen LogP) is 6.42. The molecule has 0 heterocycles. The fourth-order valence-electron chi connectivity index (χ4n) is 9.31. The number of hydrogen-bond acceptors (Lipinski definition) is 3. The lowest BCUT2D eigenvalue weighted by Gasteiger charge is -2.62. The topological polar surface area (TPSA) is 60.7 Å². The van der Waals surface area contributed by atoms with Crippen molar-refractivity contribution in [2.24, 2.45) is 39.4 Å². The molecule has 3 nitrogen and oxygen atoms in total. The molecule has 0 bridgehead atoms. The Balaban J connectivity index is 1.66. The van der Waals surface area contributed by atoms with Crippen molar-refractivity contribution in [3.05, 3.63) is 23.3 Å². The van der Waals surface area contributed by atoms with Gasteiger partial charge in [0.2, 0.25) is 0 Å². The highest BCUT2D eigenvalue weighted by molar-refractivity contribution is 5.38. The van der Waals surface area contributed by atoms with E-state index in [9.17, 15) is 15.3 Å². The van der Waals surface area contributed by atoms with Crippen molar-refractivity contribution in [3.63, 3.8) is 0 Å². The summed E-state index contributed by atoms with van der Waals surface area (Å²) in [4.78, 5) is 0. The first-order valence-electron chi connectivity index (χ1n) is 13.6. The first kappa shape index (κ1) is 25.5. The molecule has 4 rings (SSSR count). The van der Waals surface area contributed by atoms with Gasteiger partial charge in [0.15, 0.2) is 0 Å². The molecule has 8 atom stereocenters. The molecule has 0 aromatic heterocycles. The summed E-state index contributed by atoms with van der Waals surface area (Å²) in [6, 6.07) is 0. The van der Waals surface area contributed by atoms with Gasteiger partial charge in [-0.05, 0) is 105 Å². The standard InChI is InChI=1S/C30H50O3/c1-19(23(31)13-15-26(2,3)33)20-11-17-30(8)22-9-10-24-27(4,5)25(32)14-16-28(24,6)21(22)12-18-29(20,30)7/h13,15,19-20,23-25,31-33H,9-12,14,16-18H2,1-8H3/b15-13+/t19-,20+,23-,24-,25-,28+,29+,30-/m0/s1. The monoisotopic (exact) mass is 458 g/mol. The Morgan fingerprint density at radius 1 is 0.939 bits per heavy atom. The van der Waals surface area contributed by atoms with Crippen LogP contribution in [0.3, 0.4) is 0 Å². The molecule has 0 aromatic carbocycles. The van der Waals surface area contributed by atoms with Crippen molar-refractivity contribution in [2.75, 3.05) is 0 Å². The van der Waals surface area contributed by atoms with Gasteiger partial charge in [0, 0.05) is 0 Å². The highest BCUT2D eigenvalue weighted by atomic mass is 16.3. The van der Waals surface area contributed by atoms with Crippen molar-refractivity contribution in [1.29, 1.82) is 0 Å². The molecule has 33 heavy (non-hydrogen) atoms. The third-order valence-corrected chi connectivity index (χ3v) is 11.7. The fraction of sp³-hybridized carbons (Fsp3) is 0.867. The molecule has 2 saturated carbocycles. The van der Waals surface area contributed by atoms with Crippen LogP contribution in [0.4, 0.5) is 0 Å². The van der Waals surface area contributed by atoms with Gasteiger partial charge < -0.3 is 15.3 Å². The average Bonchev–Trinajstić information content (AvgIpc) is 3.00. The smallest absolute Gasteiger partial charge is 0.0772 e. The quantitative estimate of drug-likeness (QED) is 0.426. The lowest BCUT2D eigenvalue weighted by molar-refractivity contribution is -0.0967. The van der Waals surface area contributed by atoms with Crippen LogP contribution >= 0.6 is 0 Å². The van der Waals surface area contributed by atoms with Crippen LogP contribution < -0.4 is 0 Å². The highest BCUT2D eigenvalue weighted by Crippen LogP contribution is 2.72. The summed E-state index contributed by atoms with van der Waals surface area (Å²) in [5, 5.41) is 31.9. The summed E-state index contributed by atoms with van der Waals surface area (Å²) >= 11 is 0. The van der Waals surface area contributed by atoms with E-state index < -0.39 is 11.7 Å². The second kappa shape index (κ2) is 7.93. The minimum Gasteiger partial charge on any atom is -0.393 e. The van der Waals surface area contributed by atoms with E-state index in [1.165, 1.54) is 38.5 Å². The Hall–Kier alpha value is -0.640. The van der Waals surface area contributed by atoms with E-state index in [1.807, 2.05) is 6.08 Å². The van der Waals surface area contributed by atoms with Crippen LogP contribution in [-0.2, 0) is 0 Å². The Kier molecular flexibility index (Phi) is 6.12. The van der Waals surface area contributed by atoms with Crippen LogP contribution in [0.1, 0.15) is 107 Å². The summed E-state index contributed by atoms with van der Waals surface area (Å²) in [6.07, 6.45) is 12.0. The maximum atomic E-state index is 11.0. The zero-order valence-corrected chi connectivity index (χ0v) is 22.5. The SMILES string of the molecule is C[C@@H]([C@H]1CC[C@@]2(C)C3=C(CC[C@]12C)[C@@]1(C)CC[C@H](O)C(C)(C)[C@@H]1CC3)[C@@H](O)/C=C/C(C)(C)O. The zero-order valence-electron chi connectivity index (χ0n) is 22.5. The van der Waals surface area contributed by atoms with Crippen molar-refractivity contribution in [2.45, 2.75) is 125 Å². The highest BCUT2D eigenvalue weighted by Gasteiger charge is 2.63. The van der Waals surface area contributed by atoms with Gasteiger partial charge in [-0.25, -0.2) is 0 Å². The van der Waals surface area contributed by atoms with Crippen LogP contribution in [-0.4, -0.2) is 33.1 Å². The number of aliphatic hydroxyl groups excluding tert-OH is 2. The molecule has 4 aliphatic carbocycles. The van der Waals surface area contributed by atoms with Crippen molar-refractivity contribution in [1.82, 2.24) is 0 Å². The van der Waals surface area contributed by atoms with Gasteiger partial charge in [-0.3, -0.25) is 0 Å². The minimum absolute atomic E-state index is 0.0170. The van der Waals surface area contributed by atoms with Gasteiger partial charge in [-0.15, -0.1) is 0 Å². The van der Waals surface area contributed by atoms with E-state index in [-0.39, 0.29) is 33.7 Å². The van der Waals surface area contributed by atoms with Gasteiger partial charge in [-0.2, -0.15) is 0 Å².